The second kappa shape index (κ2) is 7.17. The minimum absolute atomic E-state index is 0.309. The molecule has 0 aliphatic heterocycles. The number of nitrogens with one attached hydrogen (secondary N) is 1. The predicted molar refractivity (Wildman–Crippen MR) is 92.0 cm³/mol. The summed E-state index contributed by atoms with van der Waals surface area (Å²) in [6.45, 7) is 3.26. The average Bonchev–Trinajstić information content (AvgIpc) is 3.04. The van der Waals surface area contributed by atoms with E-state index >= 15 is 0 Å². The van der Waals surface area contributed by atoms with Gasteiger partial charge in [-0.1, -0.05) is 18.2 Å². The van der Waals surface area contributed by atoms with Gasteiger partial charge in [0.15, 0.2) is 6.61 Å². The Balaban J connectivity index is 1.54. The van der Waals surface area contributed by atoms with Gasteiger partial charge in [-0.15, -0.1) is 0 Å². The molecular formula is C19H18N2O4. The Morgan fingerprint density at radius 1 is 1.24 bits per heavy atom. The lowest BCUT2D eigenvalue weighted by molar-refractivity contribution is -0.125. The van der Waals surface area contributed by atoms with Gasteiger partial charge in [-0.05, 0) is 38.1 Å². The van der Waals surface area contributed by atoms with E-state index in [1.807, 2.05) is 37.3 Å². The number of aryl methyl sites for hydroxylation is 1. The number of fused-ring (bicyclic) bond motifs is 1. The van der Waals surface area contributed by atoms with Crippen molar-refractivity contribution in [2.45, 2.75) is 19.9 Å². The van der Waals surface area contributed by atoms with Gasteiger partial charge in [-0.2, -0.15) is 0 Å². The SMILES string of the molecule is Cc1ccc(C(=O)OCC(=O)NC(C)c2cc3ccccc3o2)cn1. The normalized spacial score (nSPS) is 11.9. The molecule has 0 aliphatic carbocycles. The van der Waals surface area contributed by atoms with Crippen LogP contribution in [0.1, 0.15) is 34.8 Å². The van der Waals surface area contributed by atoms with Crippen LogP contribution < -0.4 is 5.32 Å². The summed E-state index contributed by atoms with van der Waals surface area (Å²) in [7, 11) is 0. The van der Waals surface area contributed by atoms with Crippen molar-refractivity contribution < 1.29 is 18.7 Å². The minimum Gasteiger partial charge on any atom is -0.459 e. The molecule has 128 valence electrons. The zero-order valence-electron chi connectivity index (χ0n) is 14.0. The fourth-order valence-corrected chi connectivity index (χ4v) is 2.37. The van der Waals surface area contributed by atoms with Gasteiger partial charge in [0.25, 0.3) is 5.91 Å². The van der Waals surface area contributed by atoms with Gasteiger partial charge in [0.2, 0.25) is 0 Å². The summed E-state index contributed by atoms with van der Waals surface area (Å²) in [6.07, 6.45) is 1.42. The van der Waals surface area contributed by atoms with Crippen LogP contribution >= 0.6 is 0 Å². The van der Waals surface area contributed by atoms with Crippen molar-refractivity contribution in [1.29, 1.82) is 0 Å². The van der Waals surface area contributed by atoms with E-state index < -0.39 is 11.9 Å². The molecule has 6 nitrogen and oxygen atoms in total. The van der Waals surface area contributed by atoms with Crippen LogP contribution in [0, 0.1) is 6.92 Å². The maximum absolute atomic E-state index is 12.0. The van der Waals surface area contributed by atoms with Crippen LogP contribution in [0.4, 0.5) is 0 Å². The topological polar surface area (TPSA) is 81.4 Å². The largest absolute Gasteiger partial charge is 0.459 e. The molecule has 6 heteroatoms. The van der Waals surface area contributed by atoms with E-state index in [9.17, 15) is 9.59 Å². The van der Waals surface area contributed by atoms with Crippen LogP contribution in [0.3, 0.4) is 0 Å². The molecule has 0 saturated heterocycles. The summed E-state index contributed by atoms with van der Waals surface area (Å²) in [5.41, 5.74) is 1.87. The van der Waals surface area contributed by atoms with E-state index in [0.29, 0.717) is 11.3 Å². The lowest BCUT2D eigenvalue weighted by Gasteiger charge is -2.11. The van der Waals surface area contributed by atoms with Crippen LogP contribution in [0.2, 0.25) is 0 Å². The number of ether oxygens (including phenoxy) is 1. The molecule has 2 aromatic heterocycles. The number of pyridine rings is 1. The molecule has 25 heavy (non-hydrogen) atoms. The van der Waals surface area contributed by atoms with Crippen molar-refractivity contribution in [1.82, 2.24) is 10.3 Å². The number of aromatic nitrogens is 1. The number of benzene rings is 1. The van der Waals surface area contributed by atoms with Crippen LogP contribution in [0.5, 0.6) is 0 Å². The number of hydrogen-bond acceptors (Lipinski definition) is 5. The zero-order valence-corrected chi connectivity index (χ0v) is 14.0. The van der Waals surface area contributed by atoms with Crippen LogP contribution in [0.15, 0.2) is 53.1 Å². The summed E-state index contributed by atoms with van der Waals surface area (Å²) in [5.74, 6) is -0.343. The predicted octanol–water partition coefficient (Wildman–Crippen LogP) is 3.17. The Morgan fingerprint density at radius 2 is 2.04 bits per heavy atom. The maximum atomic E-state index is 12.0. The lowest BCUT2D eigenvalue weighted by Crippen LogP contribution is -2.31. The third-order valence-corrected chi connectivity index (χ3v) is 3.73. The molecule has 0 saturated carbocycles. The highest BCUT2D eigenvalue weighted by Gasteiger charge is 2.16. The van der Waals surface area contributed by atoms with E-state index in [1.54, 1.807) is 19.1 Å². The van der Waals surface area contributed by atoms with Crippen molar-refractivity contribution in [3.63, 3.8) is 0 Å². The molecular weight excluding hydrogens is 320 g/mol. The van der Waals surface area contributed by atoms with Gasteiger partial charge in [0.05, 0.1) is 11.6 Å². The number of carbonyl (C=O) groups is 2. The highest BCUT2D eigenvalue weighted by Crippen LogP contribution is 2.23. The van der Waals surface area contributed by atoms with Crippen molar-refractivity contribution in [3.8, 4) is 0 Å². The van der Waals surface area contributed by atoms with Gasteiger partial charge in [-0.25, -0.2) is 4.79 Å². The van der Waals surface area contributed by atoms with Crippen molar-refractivity contribution in [3.05, 3.63) is 65.7 Å². The number of amides is 1. The molecule has 0 aliphatic rings. The fourth-order valence-electron chi connectivity index (χ4n) is 2.37. The third kappa shape index (κ3) is 4.03. The maximum Gasteiger partial charge on any atom is 0.340 e. The smallest absolute Gasteiger partial charge is 0.340 e. The van der Waals surface area contributed by atoms with E-state index in [2.05, 4.69) is 10.3 Å². The Kier molecular flexibility index (Phi) is 4.79. The molecule has 0 spiro atoms. The van der Waals surface area contributed by atoms with Crippen LogP contribution in [0.25, 0.3) is 11.0 Å². The highest BCUT2D eigenvalue weighted by atomic mass is 16.5. The number of para-hydroxylation sites is 1. The Labute approximate surface area is 144 Å². The summed E-state index contributed by atoms with van der Waals surface area (Å²) in [4.78, 5) is 27.9. The first-order valence-corrected chi connectivity index (χ1v) is 7.90. The summed E-state index contributed by atoms with van der Waals surface area (Å²) in [6, 6.07) is 12.5. The number of furan rings is 1. The van der Waals surface area contributed by atoms with Crippen molar-refractivity contribution in [2.24, 2.45) is 0 Å². The molecule has 0 fully saturated rings. The van der Waals surface area contributed by atoms with Crippen molar-refractivity contribution >= 4 is 22.8 Å². The number of hydrogen-bond donors (Lipinski definition) is 1. The van der Waals surface area contributed by atoms with Crippen LogP contribution in [-0.4, -0.2) is 23.5 Å². The highest BCUT2D eigenvalue weighted by molar-refractivity contribution is 5.91. The standard InChI is InChI=1S/C19H18N2O4/c1-12-7-8-15(10-20-12)19(23)24-11-18(22)21-13(2)17-9-14-5-3-4-6-16(14)25-17/h3-10,13H,11H2,1-2H3,(H,21,22). The van der Waals surface area contributed by atoms with Gasteiger partial charge in [-0.3, -0.25) is 9.78 Å². The molecule has 1 N–H and O–H groups in total. The molecule has 0 bridgehead atoms. The number of rotatable bonds is 5. The average molecular weight is 338 g/mol. The second-order valence-corrected chi connectivity index (χ2v) is 5.74. The molecule has 1 atom stereocenters. The molecule has 1 amide bonds. The van der Waals surface area contributed by atoms with Gasteiger partial charge in [0.1, 0.15) is 11.3 Å². The summed E-state index contributed by atoms with van der Waals surface area (Å²) >= 11 is 0. The monoisotopic (exact) mass is 338 g/mol. The number of esters is 1. The van der Waals surface area contributed by atoms with E-state index in [0.717, 1.165) is 16.7 Å². The fraction of sp³-hybridized carbons (Fsp3) is 0.211. The first-order valence-electron chi connectivity index (χ1n) is 7.90. The molecule has 1 unspecified atom stereocenters. The Bertz CT molecular complexity index is 866. The lowest BCUT2D eigenvalue weighted by atomic mass is 10.2. The number of carbonyl (C=O) groups excluding carboxylic acids is 2. The van der Waals surface area contributed by atoms with E-state index in [1.165, 1.54) is 6.20 Å². The Morgan fingerprint density at radius 3 is 2.76 bits per heavy atom. The quantitative estimate of drug-likeness (QED) is 0.723. The molecule has 1 aromatic carbocycles. The summed E-state index contributed by atoms with van der Waals surface area (Å²) < 4.78 is 10.7. The third-order valence-electron chi connectivity index (χ3n) is 3.73. The second-order valence-electron chi connectivity index (χ2n) is 5.74. The molecule has 0 radical (unpaired) electrons. The minimum atomic E-state index is -0.584. The van der Waals surface area contributed by atoms with E-state index in [4.69, 9.17) is 9.15 Å². The zero-order chi connectivity index (χ0) is 17.8. The van der Waals surface area contributed by atoms with Gasteiger partial charge >= 0.3 is 5.97 Å². The van der Waals surface area contributed by atoms with Crippen molar-refractivity contribution in [2.75, 3.05) is 6.61 Å². The molecule has 3 rings (SSSR count). The summed E-state index contributed by atoms with van der Waals surface area (Å²) in [5, 5.41) is 3.72. The van der Waals surface area contributed by atoms with Gasteiger partial charge in [0, 0.05) is 17.3 Å². The molecule has 2 heterocycles. The number of nitrogens with zero attached hydrogens (tertiary/aromatic N) is 1. The van der Waals surface area contributed by atoms with Crippen LogP contribution in [-0.2, 0) is 9.53 Å². The first kappa shape index (κ1) is 16.7. The van der Waals surface area contributed by atoms with E-state index in [-0.39, 0.29) is 12.6 Å². The molecule has 3 aromatic rings. The first-order chi connectivity index (χ1) is 12.0. The van der Waals surface area contributed by atoms with Gasteiger partial charge < -0.3 is 14.5 Å². The Hall–Kier alpha value is -3.15.